The van der Waals surface area contributed by atoms with E-state index in [1.54, 1.807) is 26.1 Å². The highest BCUT2D eigenvalue weighted by Gasteiger charge is 2.38. The van der Waals surface area contributed by atoms with Crippen LogP contribution in [0.4, 0.5) is 5.82 Å². The van der Waals surface area contributed by atoms with Crippen LogP contribution < -0.4 is 16.6 Å². The van der Waals surface area contributed by atoms with Gasteiger partial charge < -0.3 is 10.1 Å². The molecule has 3 rings (SSSR count). The number of hydrogen-bond donors (Lipinski definition) is 1. The largest absolute Gasteiger partial charge is 0.466 e. The van der Waals surface area contributed by atoms with Crippen LogP contribution in [0.2, 0.25) is 10.0 Å². The van der Waals surface area contributed by atoms with E-state index in [1.807, 2.05) is 0 Å². The van der Waals surface area contributed by atoms with Crippen molar-refractivity contribution in [1.82, 2.24) is 9.13 Å². The second-order valence-corrected chi connectivity index (χ2v) is 7.07. The summed E-state index contributed by atoms with van der Waals surface area (Å²) < 4.78 is 7.25. The van der Waals surface area contributed by atoms with E-state index in [0.717, 1.165) is 4.57 Å². The van der Waals surface area contributed by atoms with Crippen molar-refractivity contribution in [3.63, 3.8) is 0 Å². The topological polar surface area (TPSA) is 82.3 Å². The van der Waals surface area contributed by atoms with E-state index in [0.29, 0.717) is 27.1 Å². The number of nitrogens with one attached hydrogen (secondary N) is 1. The van der Waals surface area contributed by atoms with Gasteiger partial charge in [-0.3, -0.25) is 13.9 Å². The minimum atomic E-state index is -0.816. The molecule has 0 unspecified atom stereocenters. The van der Waals surface area contributed by atoms with E-state index in [9.17, 15) is 14.4 Å². The molecule has 1 N–H and O–H groups in total. The Balaban J connectivity index is 2.45. The molecule has 1 aliphatic rings. The van der Waals surface area contributed by atoms with Gasteiger partial charge in [0.15, 0.2) is 0 Å². The summed E-state index contributed by atoms with van der Waals surface area (Å²) in [6, 6.07) is 4.82. The predicted molar refractivity (Wildman–Crippen MR) is 104 cm³/mol. The Bertz CT molecular complexity index is 1110. The summed E-state index contributed by atoms with van der Waals surface area (Å²) in [5.41, 5.74) is 0.444. The maximum Gasteiger partial charge on any atom is 0.336 e. The first kappa shape index (κ1) is 19.3. The zero-order chi connectivity index (χ0) is 20.0. The number of allylic oxidation sites excluding steroid dienone is 1. The van der Waals surface area contributed by atoms with E-state index < -0.39 is 23.1 Å². The third kappa shape index (κ3) is 2.96. The zero-order valence-corrected chi connectivity index (χ0v) is 16.6. The highest BCUT2D eigenvalue weighted by molar-refractivity contribution is 6.35. The highest BCUT2D eigenvalue weighted by atomic mass is 35.5. The van der Waals surface area contributed by atoms with E-state index in [4.69, 9.17) is 27.9 Å². The molecule has 0 saturated heterocycles. The molecule has 1 aromatic heterocycles. The van der Waals surface area contributed by atoms with Gasteiger partial charge in [-0.15, -0.1) is 0 Å². The third-order valence-electron chi connectivity index (χ3n) is 4.67. The molecule has 0 amide bonds. The quantitative estimate of drug-likeness (QED) is 0.769. The smallest absolute Gasteiger partial charge is 0.336 e. The SMILES string of the molecule is COC(=O)C1=C(C)Nc2c(c(=O)n(C)c(=O)n2C)[C@@H]1c1ccc(Cl)cc1Cl. The van der Waals surface area contributed by atoms with Gasteiger partial charge in [-0.05, 0) is 24.6 Å². The van der Waals surface area contributed by atoms with Gasteiger partial charge >= 0.3 is 11.7 Å². The standard InChI is InChI=1S/C18H17Cl2N3O4/c1-8-12(17(25)27-4)13(10-6-5-9(19)7-11(10)20)14-15(21-8)22(2)18(26)23(3)16(14)24/h5-7,13,21H,1-4H3/t13-/m1/s1. The normalized spacial score (nSPS) is 16.0. The lowest BCUT2D eigenvalue weighted by Gasteiger charge is -2.31. The number of methoxy groups -OCH3 is 1. The fraction of sp³-hybridized carbons (Fsp3) is 0.278. The molecular formula is C18H17Cl2N3O4. The Labute approximate surface area is 164 Å². The first-order chi connectivity index (χ1) is 12.7. The van der Waals surface area contributed by atoms with Crippen molar-refractivity contribution in [2.45, 2.75) is 12.8 Å². The fourth-order valence-corrected chi connectivity index (χ4v) is 3.83. The van der Waals surface area contributed by atoms with Crippen LogP contribution in [0.1, 0.15) is 24.0 Å². The summed E-state index contributed by atoms with van der Waals surface area (Å²) in [5, 5.41) is 3.71. The van der Waals surface area contributed by atoms with Crippen LogP contribution in [0.3, 0.4) is 0 Å². The Morgan fingerprint density at radius 1 is 1.19 bits per heavy atom. The Morgan fingerprint density at radius 2 is 1.85 bits per heavy atom. The summed E-state index contributed by atoms with van der Waals surface area (Å²) in [4.78, 5) is 37.8. The maximum atomic E-state index is 13.0. The molecule has 1 aromatic carbocycles. The molecule has 2 aromatic rings. The number of aromatic nitrogens is 2. The van der Waals surface area contributed by atoms with E-state index in [-0.39, 0.29) is 11.1 Å². The van der Waals surface area contributed by atoms with Gasteiger partial charge in [-0.2, -0.15) is 0 Å². The summed E-state index contributed by atoms with van der Waals surface area (Å²) >= 11 is 12.4. The second-order valence-electron chi connectivity index (χ2n) is 6.22. The van der Waals surface area contributed by atoms with Gasteiger partial charge in [0.05, 0.1) is 24.2 Å². The van der Waals surface area contributed by atoms with E-state index >= 15 is 0 Å². The average Bonchev–Trinajstić information content (AvgIpc) is 2.63. The first-order valence-corrected chi connectivity index (χ1v) is 8.75. The molecule has 142 valence electrons. The maximum absolute atomic E-state index is 13.0. The molecule has 1 atom stereocenters. The van der Waals surface area contributed by atoms with Crippen LogP contribution in [-0.4, -0.2) is 22.2 Å². The van der Waals surface area contributed by atoms with Crippen LogP contribution in [0, 0.1) is 0 Å². The zero-order valence-electron chi connectivity index (χ0n) is 15.1. The number of hydrogen-bond acceptors (Lipinski definition) is 5. The summed E-state index contributed by atoms with van der Waals surface area (Å²) in [7, 11) is 4.19. The Hall–Kier alpha value is -2.51. The van der Waals surface area contributed by atoms with Crippen LogP contribution in [0.25, 0.3) is 0 Å². The molecule has 0 radical (unpaired) electrons. The van der Waals surface area contributed by atoms with Crippen LogP contribution >= 0.6 is 23.2 Å². The van der Waals surface area contributed by atoms with Crippen LogP contribution in [0.5, 0.6) is 0 Å². The average molecular weight is 410 g/mol. The molecule has 0 fully saturated rings. The number of benzene rings is 1. The van der Waals surface area contributed by atoms with Crippen molar-refractivity contribution in [1.29, 1.82) is 0 Å². The number of ether oxygens (including phenoxy) is 1. The van der Waals surface area contributed by atoms with Gasteiger partial charge in [0.25, 0.3) is 5.56 Å². The fourth-order valence-electron chi connectivity index (χ4n) is 3.31. The summed E-state index contributed by atoms with van der Waals surface area (Å²) in [6.07, 6.45) is 0. The number of fused-ring (bicyclic) bond motifs is 1. The molecule has 27 heavy (non-hydrogen) atoms. The van der Waals surface area contributed by atoms with Gasteiger partial charge in [-0.25, -0.2) is 9.59 Å². The van der Waals surface area contributed by atoms with E-state index in [2.05, 4.69) is 5.32 Å². The minimum Gasteiger partial charge on any atom is -0.466 e. The highest BCUT2D eigenvalue weighted by Crippen LogP contribution is 2.42. The van der Waals surface area contributed by atoms with Gasteiger partial charge in [0.1, 0.15) is 5.82 Å². The van der Waals surface area contributed by atoms with Crippen molar-refractivity contribution in [3.05, 3.63) is 71.5 Å². The minimum absolute atomic E-state index is 0.231. The molecule has 2 heterocycles. The van der Waals surface area contributed by atoms with Crippen molar-refractivity contribution >= 4 is 35.0 Å². The first-order valence-electron chi connectivity index (χ1n) is 8.00. The van der Waals surface area contributed by atoms with Crippen molar-refractivity contribution in [3.8, 4) is 0 Å². The van der Waals surface area contributed by atoms with Gasteiger partial charge in [0, 0.05) is 29.8 Å². The molecule has 0 bridgehead atoms. The lowest BCUT2D eigenvalue weighted by molar-refractivity contribution is -0.136. The molecule has 9 heteroatoms. The summed E-state index contributed by atoms with van der Waals surface area (Å²) in [5.74, 6) is -1.11. The predicted octanol–water partition coefficient (Wildman–Crippen LogP) is 2.40. The monoisotopic (exact) mass is 409 g/mol. The van der Waals surface area contributed by atoms with Gasteiger partial charge in [-0.1, -0.05) is 29.3 Å². The molecule has 7 nitrogen and oxygen atoms in total. The lowest BCUT2D eigenvalue weighted by atomic mass is 9.82. The van der Waals surface area contributed by atoms with Crippen molar-refractivity contribution in [2.24, 2.45) is 14.1 Å². The number of anilines is 1. The number of esters is 1. The Kier molecular flexibility index (Phi) is 4.92. The van der Waals surface area contributed by atoms with Crippen LogP contribution in [0.15, 0.2) is 39.1 Å². The number of carbonyl (C=O) groups excluding carboxylic acids is 1. The summed E-state index contributed by atoms with van der Waals surface area (Å²) in [6.45, 7) is 1.67. The molecule has 1 aliphatic heterocycles. The van der Waals surface area contributed by atoms with Gasteiger partial charge in [0.2, 0.25) is 0 Å². The molecule has 0 saturated carbocycles. The molecular weight excluding hydrogens is 393 g/mol. The number of nitrogens with zero attached hydrogens (tertiary/aromatic N) is 2. The number of carbonyl (C=O) groups is 1. The third-order valence-corrected chi connectivity index (χ3v) is 5.23. The van der Waals surface area contributed by atoms with Crippen LogP contribution in [-0.2, 0) is 23.6 Å². The molecule has 0 spiro atoms. The number of halogens is 2. The van der Waals surface area contributed by atoms with E-state index in [1.165, 1.54) is 24.8 Å². The van der Waals surface area contributed by atoms with Crippen molar-refractivity contribution < 1.29 is 9.53 Å². The number of rotatable bonds is 2. The van der Waals surface area contributed by atoms with Crippen molar-refractivity contribution in [2.75, 3.05) is 12.4 Å². The molecule has 0 aliphatic carbocycles. The lowest BCUT2D eigenvalue weighted by Crippen LogP contribution is -2.43. The second kappa shape index (κ2) is 6.90. The Morgan fingerprint density at radius 3 is 2.44 bits per heavy atom.